The molecule has 0 bridgehead atoms. The topological polar surface area (TPSA) is 68.0 Å². The fraction of sp³-hybridized carbons (Fsp3) is 0.400. The third-order valence-electron chi connectivity index (χ3n) is 1.93. The van der Waals surface area contributed by atoms with Crippen LogP contribution >= 0.6 is 0 Å². The van der Waals surface area contributed by atoms with E-state index >= 15 is 0 Å². The molecule has 4 heteroatoms. The Hall–Kier alpha value is -1.58. The van der Waals surface area contributed by atoms with E-state index in [0.717, 1.165) is 6.42 Å². The van der Waals surface area contributed by atoms with Crippen LogP contribution in [0.15, 0.2) is 12.1 Å². The van der Waals surface area contributed by atoms with Gasteiger partial charge >= 0.3 is 0 Å². The fourth-order valence-corrected chi connectivity index (χ4v) is 0.951. The maximum atomic E-state index is 10.8. The second-order valence-corrected chi connectivity index (χ2v) is 3.14. The monoisotopic (exact) mass is 192 g/mol. The van der Waals surface area contributed by atoms with Crippen molar-refractivity contribution in [2.24, 2.45) is 5.73 Å². The van der Waals surface area contributed by atoms with Gasteiger partial charge in [-0.25, -0.2) is 4.98 Å². The first kappa shape index (κ1) is 10.5. The van der Waals surface area contributed by atoms with Crippen LogP contribution in [-0.4, -0.2) is 16.9 Å². The number of nitrogens with one attached hydrogen (secondary N) is 1. The lowest BCUT2D eigenvalue weighted by Gasteiger charge is -2.11. The Bertz CT molecular complexity index is 325. The van der Waals surface area contributed by atoms with Crippen LogP contribution in [0.5, 0.6) is 0 Å². The molecule has 0 aliphatic rings. The molecule has 1 rings (SSSR count). The van der Waals surface area contributed by atoms with Gasteiger partial charge in [-0.15, -0.1) is 0 Å². The van der Waals surface area contributed by atoms with Gasteiger partial charge < -0.3 is 11.1 Å². The van der Waals surface area contributed by atoms with Crippen molar-refractivity contribution in [2.75, 3.05) is 5.32 Å². The Morgan fingerprint density at radius 1 is 1.79 bits per heavy atom. The Labute approximate surface area is 83.5 Å². The predicted octanol–water partition coefficient (Wildman–Crippen LogP) is 1.19. The number of carbonyl (C=O) groups is 1. The number of primary amides is 1. The van der Waals surface area contributed by atoms with Crippen LogP contribution in [0, 0.1) is 6.07 Å². The molecule has 1 radical (unpaired) electrons. The van der Waals surface area contributed by atoms with Gasteiger partial charge in [-0.3, -0.25) is 4.79 Å². The Kier molecular flexibility index (Phi) is 3.45. The number of hydrogen-bond acceptors (Lipinski definition) is 3. The molecule has 4 nitrogen and oxygen atoms in total. The molecule has 14 heavy (non-hydrogen) atoms. The summed E-state index contributed by atoms with van der Waals surface area (Å²) in [6.07, 6.45) is 0.992. The minimum atomic E-state index is -0.558. The summed E-state index contributed by atoms with van der Waals surface area (Å²) >= 11 is 0. The molecule has 0 aromatic carbocycles. The van der Waals surface area contributed by atoms with Gasteiger partial charge in [-0.05, 0) is 25.5 Å². The number of hydrogen-bond donors (Lipinski definition) is 2. The highest BCUT2D eigenvalue weighted by molar-refractivity contribution is 5.90. The second kappa shape index (κ2) is 4.60. The number of anilines is 1. The number of pyridine rings is 1. The van der Waals surface area contributed by atoms with Crippen molar-refractivity contribution in [2.45, 2.75) is 26.3 Å². The first-order chi connectivity index (χ1) is 6.63. The summed E-state index contributed by atoms with van der Waals surface area (Å²) in [6, 6.07) is 6.40. The molecule has 0 unspecified atom stereocenters. The first-order valence-corrected chi connectivity index (χ1v) is 4.58. The number of rotatable bonds is 4. The third kappa shape index (κ3) is 2.73. The van der Waals surface area contributed by atoms with E-state index in [-0.39, 0.29) is 5.69 Å². The number of nitrogens with zero attached hydrogens (tertiary/aromatic N) is 1. The predicted molar refractivity (Wildman–Crippen MR) is 55.0 cm³/mol. The van der Waals surface area contributed by atoms with E-state index in [1.165, 1.54) is 0 Å². The van der Waals surface area contributed by atoms with E-state index in [2.05, 4.69) is 23.3 Å². The largest absolute Gasteiger partial charge is 0.368 e. The van der Waals surface area contributed by atoms with Gasteiger partial charge in [-0.1, -0.05) is 6.92 Å². The lowest BCUT2D eigenvalue weighted by Crippen LogP contribution is -2.17. The number of aromatic nitrogens is 1. The van der Waals surface area contributed by atoms with Crippen LogP contribution in [0.2, 0.25) is 0 Å². The zero-order valence-corrected chi connectivity index (χ0v) is 8.37. The average molecular weight is 192 g/mol. The van der Waals surface area contributed by atoms with Crippen LogP contribution in [0.1, 0.15) is 30.8 Å². The molecule has 1 atom stereocenters. The first-order valence-electron chi connectivity index (χ1n) is 4.58. The summed E-state index contributed by atoms with van der Waals surface area (Å²) in [4.78, 5) is 14.8. The van der Waals surface area contributed by atoms with E-state index in [1.54, 1.807) is 12.1 Å². The molecular formula is C10H14N3O. The van der Waals surface area contributed by atoms with Gasteiger partial charge in [0.05, 0.1) is 0 Å². The molecule has 1 aromatic heterocycles. The van der Waals surface area contributed by atoms with E-state index in [4.69, 9.17) is 5.73 Å². The standard InChI is InChI=1S/C10H14N3O/c1-3-7(2)12-9-6-4-5-8(13-9)10(11)14/h4,6-7H,3H2,1-2H3,(H2,11,14)(H,12,13)/t7-/m0/s1. The maximum Gasteiger partial charge on any atom is 0.268 e. The van der Waals surface area contributed by atoms with Gasteiger partial charge in [0.15, 0.2) is 0 Å². The molecule has 1 amide bonds. The van der Waals surface area contributed by atoms with Crippen LogP contribution in [0.3, 0.4) is 0 Å². The van der Waals surface area contributed by atoms with E-state index in [0.29, 0.717) is 11.9 Å². The molecule has 0 aliphatic carbocycles. The molecule has 1 aromatic rings. The number of carbonyl (C=O) groups excluding carboxylic acids is 1. The molecule has 0 saturated heterocycles. The van der Waals surface area contributed by atoms with Crippen molar-refractivity contribution in [3.05, 3.63) is 23.9 Å². The van der Waals surface area contributed by atoms with Crippen LogP contribution in [-0.2, 0) is 0 Å². The molecule has 3 N–H and O–H groups in total. The average Bonchev–Trinajstić information content (AvgIpc) is 2.18. The minimum absolute atomic E-state index is 0.165. The Morgan fingerprint density at radius 2 is 2.50 bits per heavy atom. The van der Waals surface area contributed by atoms with Crippen LogP contribution in [0.25, 0.3) is 0 Å². The highest BCUT2D eigenvalue weighted by atomic mass is 16.1. The van der Waals surface area contributed by atoms with Gasteiger partial charge in [0.1, 0.15) is 11.5 Å². The smallest absolute Gasteiger partial charge is 0.268 e. The summed E-state index contributed by atoms with van der Waals surface area (Å²) in [5.74, 6) is 0.102. The zero-order chi connectivity index (χ0) is 10.6. The molecule has 0 spiro atoms. The van der Waals surface area contributed by atoms with Gasteiger partial charge in [0, 0.05) is 12.1 Å². The van der Waals surface area contributed by atoms with Crippen molar-refractivity contribution in [1.82, 2.24) is 4.98 Å². The highest BCUT2D eigenvalue weighted by Gasteiger charge is 2.04. The summed E-state index contributed by atoms with van der Waals surface area (Å²) in [5.41, 5.74) is 5.25. The summed E-state index contributed by atoms with van der Waals surface area (Å²) in [6.45, 7) is 4.12. The van der Waals surface area contributed by atoms with Crippen molar-refractivity contribution in [3.8, 4) is 0 Å². The number of amides is 1. The van der Waals surface area contributed by atoms with E-state index in [9.17, 15) is 4.79 Å². The molecule has 0 saturated carbocycles. The Morgan fingerprint density at radius 3 is 3.07 bits per heavy atom. The third-order valence-corrected chi connectivity index (χ3v) is 1.93. The Balaban J connectivity index is 2.78. The molecule has 1 heterocycles. The van der Waals surface area contributed by atoms with E-state index < -0.39 is 5.91 Å². The quantitative estimate of drug-likeness (QED) is 0.753. The van der Waals surface area contributed by atoms with Gasteiger partial charge in [0.2, 0.25) is 0 Å². The molecular weight excluding hydrogens is 178 g/mol. The molecule has 75 valence electrons. The number of nitrogens with two attached hydrogens (primary N) is 1. The summed E-state index contributed by atoms with van der Waals surface area (Å²) in [5, 5.41) is 3.15. The van der Waals surface area contributed by atoms with Gasteiger partial charge in [0.25, 0.3) is 5.91 Å². The second-order valence-electron chi connectivity index (χ2n) is 3.14. The van der Waals surface area contributed by atoms with Crippen LogP contribution < -0.4 is 11.1 Å². The fourth-order valence-electron chi connectivity index (χ4n) is 0.951. The van der Waals surface area contributed by atoms with Gasteiger partial charge in [-0.2, -0.15) is 0 Å². The minimum Gasteiger partial charge on any atom is -0.368 e. The lowest BCUT2D eigenvalue weighted by atomic mass is 10.2. The van der Waals surface area contributed by atoms with Crippen molar-refractivity contribution < 1.29 is 4.79 Å². The lowest BCUT2D eigenvalue weighted by molar-refractivity contribution is 0.0995. The normalized spacial score (nSPS) is 12.1. The van der Waals surface area contributed by atoms with Crippen molar-refractivity contribution >= 4 is 11.7 Å². The van der Waals surface area contributed by atoms with Crippen LogP contribution in [0.4, 0.5) is 5.82 Å². The highest BCUT2D eigenvalue weighted by Crippen LogP contribution is 2.06. The molecule has 0 fully saturated rings. The van der Waals surface area contributed by atoms with Crippen molar-refractivity contribution in [1.29, 1.82) is 0 Å². The van der Waals surface area contributed by atoms with E-state index in [1.807, 2.05) is 6.92 Å². The zero-order valence-electron chi connectivity index (χ0n) is 8.37. The SMILES string of the molecule is CC[C@H](C)Nc1cc[c]c(C(N)=O)n1. The summed E-state index contributed by atoms with van der Waals surface area (Å²) in [7, 11) is 0. The van der Waals surface area contributed by atoms with Crippen molar-refractivity contribution in [3.63, 3.8) is 0 Å². The summed E-state index contributed by atoms with van der Waals surface area (Å²) < 4.78 is 0. The maximum absolute atomic E-state index is 10.8. The molecule has 0 aliphatic heterocycles.